The van der Waals surface area contributed by atoms with Gasteiger partial charge in [-0.15, -0.1) is 11.3 Å². The Labute approximate surface area is 106 Å². The van der Waals surface area contributed by atoms with E-state index in [-0.39, 0.29) is 22.8 Å². The molecule has 0 amide bonds. The van der Waals surface area contributed by atoms with Crippen LogP contribution in [0, 0.1) is 17.1 Å². The lowest BCUT2D eigenvalue weighted by Crippen LogP contribution is -1.94. The molecule has 17 heavy (non-hydrogen) atoms. The molecule has 1 aromatic heterocycles. The molecule has 0 aliphatic carbocycles. The second kappa shape index (κ2) is 4.80. The largest absolute Gasteiger partial charge is 0.325 e. The van der Waals surface area contributed by atoms with Crippen molar-refractivity contribution in [3.05, 3.63) is 39.7 Å². The monoisotopic (exact) mass is 267 g/mol. The number of thiazole rings is 1. The summed E-state index contributed by atoms with van der Waals surface area (Å²) in [5.41, 5.74) is 5.82. The molecule has 0 aliphatic heterocycles. The van der Waals surface area contributed by atoms with Gasteiger partial charge in [-0.2, -0.15) is 5.26 Å². The summed E-state index contributed by atoms with van der Waals surface area (Å²) >= 11 is 7.13. The topological polar surface area (TPSA) is 62.7 Å². The average molecular weight is 268 g/mol. The Kier molecular flexibility index (Phi) is 3.38. The quantitative estimate of drug-likeness (QED) is 0.910. The van der Waals surface area contributed by atoms with Crippen molar-refractivity contribution < 1.29 is 4.39 Å². The van der Waals surface area contributed by atoms with Gasteiger partial charge < -0.3 is 5.73 Å². The van der Waals surface area contributed by atoms with Crippen molar-refractivity contribution in [3.63, 3.8) is 0 Å². The third-order valence-electron chi connectivity index (χ3n) is 2.14. The summed E-state index contributed by atoms with van der Waals surface area (Å²) in [7, 11) is 0. The molecule has 1 heterocycles. The first kappa shape index (κ1) is 12.0. The van der Waals surface area contributed by atoms with E-state index in [0.29, 0.717) is 9.88 Å². The molecule has 6 heteroatoms. The highest BCUT2D eigenvalue weighted by Crippen LogP contribution is 2.36. The van der Waals surface area contributed by atoms with Crippen molar-refractivity contribution in [3.8, 4) is 16.5 Å². The van der Waals surface area contributed by atoms with Gasteiger partial charge in [0.1, 0.15) is 16.9 Å². The lowest BCUT2D eigenvalue weighted by atomic mass is 10.1. The first-order valence-electron chi connectivity index (χ1n) is 4.71. The number of halogens is 2. The lowest BCUT2D eigenvalue weighted by Gasteiger charge is -2.02. The number of aromatic nitrogens is 1. The summed E-state index contributed by atoms with van der Waals surface area (Å²) in [6.45, 7) is 0.214. The summed E-state index contributed by atoms with van der Waals surface area (Å²) in [5.74, 6) is -0.471. The maximum absolute atomic E-state index is 13.7. The van der Waals surface area contributed by atoms with E-state index < -0.39 is 5.82 Å². The molecule has 2 N–H and O–H groups in total. The van der Waals surface area contributed by atoms with Crippen LogP contribution in [-0.2, 0) is 6.54 Å². The molecule has 2 rings (SSSR count). The van der Waals surface area contributed by atoms with E-state index in [1.807, 2.05) is 6.07 Å². The number of nitrogens with two attached hydrogens (primary N) is 1. The van der Waals surface area contributed by atoms with Gasteiger partial charge in [0.25, 0.3) is 0 Å². The minimum absolute atomic E-state index is 0.155. The molecule has 1 aromatic carbocycles. The van der Waals surface area contributed by atoms with Crippen LogP contribution >= 0.6 is 22.9 Å². The number of hydrogen-bond donors (Lipinski definition) is 1. The Morgan fingerprint density at radius 3 is 2.88 bits per heavy atom. The maximum atomic E-state index is 13.7. The number of nitriles is 1. The van der Waals surface area contributed by atoms with E-state index >= 15 is 0 Å². The van der Waals surface area contributed by atoms with Crippen molar-refractivity contribution in [1.82, 2.24) is 4.98 Å². The number of hydrogen-bond acceptors (Lipinski definition) is 4. The Bertz CT molecular complexity index is 583. The molecular formula is C11H7ClFN3S. The zero-order valence-electron chi connectivity index (χ0n) is 8.58. The summed E-state index contributed by atoms with van der Waals surface area (Å²) in [5, 5.41) is 9.80. The average Bonchev–Trinajstić information content (AvgIpc) is 2.72. The van der Waals surface area contributed by atoms with Gasteiger partial charge in [-0.1, -0.05) is 17.7 Å². The van der Waals surface area contributed by atoms with Crippen LogP contribution in [-0.4, -0.2) is 4.98 Å². The molecular weight excluding hydrogens is 261 g/mol. The van der Waals surface area contributed by atoms with Gasteiger partial charge in [0.15, 0.2) is 5.69 Å². The van der Waals surface area contributed by atoms with Gasteiger partial charge >= 0.3 is 0 Å². The normalized spacial score (nSPS) is 10.2. The molecule has 0 radical (unpaired) electrons. The van der Waals surface area contributed by atoms with Crippen molar-refractivity contribution in [2.24, 2.45) is 5.73 Å². The smallest absolute Gasteiger partial charge is 0.159 e. The molecule has 0 saturated heterocycles. The Balaban J connectivity index is 2.68. The predicted molar refractivity (Wildman–Crippen MR) is 65.1 cm³/mol. The second-order valence-corrected chi connectivity index (χ2v) is 4.69. The Morgan fingerprint density at radius 2 is 2.29 bits per heavy atom. The lowest BCUT2D eigenvalue weighted by molar-refractivity contribution is 0.631. The maximum Gasteiger partial charge on any atom is 0.159 e. The van der Waals surface area contributed by atoms with Gasteiger partial charge in [-0.3, -0.25) is 0 Å². The van der Waals surface area contributed by atoms with Crippen LogP contribution in [0.4, 0.5) is 4.39 Å². The molecule has 0 saturated carbocycles. The Hall–Kier alpha value is -1.48. The SMILES string of the molecule is N#Cc1nc(CN)sc1-c1c(F)cccc1Cl. The van der Waals surface area contributed by atoms with Crippen LogP contribution in [0.1, 0.15) is 10.7 Å². The predicted octanol–water partition coefficient (Wildman–Crippen LogP) is 2.93. The fourth-order valence-corrected chi connectivity index (χ4v) is 2.68. The van der Waals surface area contributed by atoms with Gasteiger partial charge in [0, 0.05) is 12.1 Å². The zero-order chi connectivity index (χ0) is 12.4. The summed E-state index contributed by atoms with van der Waals surface area (Å²) in [6.07, 6.45) is 0. The Morgan fingerprint density at radius 1 is 1.53 bits per heavy atom. The number of rotatable bonds is 2. The highest BCUT2D eigenvalue weighted by Gasteiger charge is 2.18. The molecule has 0 atom stereocenters. The summed E-state index contributed by atoms with van der Waals surface area (Å²) < 4.78 is 13.7. The van der Waals surface area contributed by atoms with E-state index in [1.165, 1.54) is 23.5 Å². The second-order valence-electron chi connectivity index (χ2n) is 3.20. The van der Waals surface area contributed by atoms with E-state index in [2.05, 4.69) is 4.98 Å². The molecule has 3 nitrogen and oxygen atoms in total. The molecule has 0 bridgehead atoms. The first-order valence-corrected chi connectivity index (χ1v) is 5.91. The van der Waals surface area contributed by atoms with E-state index in [9.17, 15) is 4.39 Å². The van der Waals surface area contributed by atoms with Crippen LogP contribution in [0.25, 0.3) is 10.4 Å². The third-order valence-corrected chi connectivity index (χ3v) is 3.55. The molecule has 86 valence electrons. The van der Waals surface area contributed by atoms with Crippen molar-refractivity contribution in [2.75, 3.05) is 0 Å². The fraction of sp³-hybridized carbons (Fsp3) is 0.0909. The molecule has 0 aliphatic rings. The number of benzene rings is 1. The first-order chi connectivity index (χ1) is 8.17. The van der Waals surface area contributed by atoms with Crippen LogP contribution in [0.15, 0.2) is 18.2 Å². The third kappa shape index (κ3) is 2.15. The highest BCUT2D eigenvalue weighted by molar-refractivity contribution is 7.15. The van der Waals surface area contributed by atoms with E-state index in [4.69, 9.17) is 22.6 Å². The zero-order valence-corrected chi connectivity index (χ0v) is 10.1. The minimum Gasteiger partial charge on any atom is -0.325 e. The van der Waals surface area contributed by atoms with Crippen LogP contribution in [0.2, 0.25) is 5.02 Å². The standard InChI is InChI=1S/C11H7ClFN3S/c12-6-2-1-3-7(13)10(6)11-8(4-14)16-9(5-15)17-11/h1-3H,5,15H2. The molecule has 0 unspecified atom stereocenters. The molecule has 2 aromatic rings. The molecule has 0 spiro atoms. The summed E-state index contributed by atoms with van der Waals surface area (Å²) in [4.78, 5) is 4.44. The van der Waals surface area contributed by atoms with Gasteiger partial charge in [-0.05, 0) is 12.1 Å². The van der Waals surface area contributed by atoms with Gasteiger partial charge in [-0.25, -0.2) is 9.37 Å². The molecule has 0 fully saturated rings. The van der Waals surface area contributed by atoms with E-state index in [1.54, 1.807) is 6.07 Å². The van der Waals surface area contributed by atoms with Crippen LogP contribution in [0.5, 0.6) is 0 Å². The van der Waals surface area contributed by atoms with Crippen molar-refractivity contribution in [1.29, 1.82) is 5.26 Å². The summed E-state index contributed by atoms with van der Waals surface area (Å²) in [6, 6.07) is 6.30. The number of nitrogens with zero attached hydrogens (tertiary/aromatic N) is 2. The van der Waals surface area contributed by atoms with Gasteiger partial charge in [0.2, 0.25) is 0 Å². The van der Waals surface area contributed by atoms with Gasteiger partial charge in [0.05, 0.1) is 9.90 Å². The fourth-order valence-electron chi connectivity index (χ4n) is 1.41. The van der Waals surface area contributed by atoms with Crippen LogP contribution < -0.4 is 5.73 Å². The van der Waals surface area contributed by atoms with E-state index in [0.717, 1.165) is 0 Å². The highest BCUT2D eigenvalue weighted by atomic mass is 35.5. The van der Waals surface area contributed by atoms with Crippen LogP contribution in [0.3, 0.4) is 0 Å². The van der Waals surface area contributed by atoms with Crippen molar-refractivity contribution in [2.45, 2.75) is 6.54 Å². The van der Waals surface area contributed by atoms with Crippen molar-refractivity contribution >= 4 is 22.9 Å². The minimum atomic E-state index is -0.471.